The molecule has 1 rings (SSSR count). The molecule has 4 heteroatoms. The van der Waals surface area contributed by atoms with Gasteiger partial charge < -0.3 is 9.64 Å². The number of hydrogen-bond acceptors (Lipinski definition) is 3. The number of methoxy groups -OCH3 is 1. The lowest BCUT2D eigenvalue weighted by molar-refractivity contribution is 0.205. The molecule has 0 saturated carbocycles. The Balaban J connectivity index is 2.98. The van der Waals surface area contributed by atoms with Gasteiger partial charge in [-0.25, -0.2) is 0 Å². The normalized spacial score (nSPS) is 9.88. The van der Waals surface area contributed by atoms with Crippen molar-refractivity contribution in [1.82, 2.24) is 0 Å². The molecule has 1 aromatic carbocycles. The van der Waals surface area contributed by atoms with Gasteiger partial charge in [0.25, 0.3) is 0 Å². The van der Waals surface area contributed by atoms with Crippen molar-refractivity contribution < 1.29 is 4.74 Å². The SMILES string of the molecule is CCN(CCOC)c1cc(Br)ccc1C#N. The number of halogens is 1. The molecule has 0 unspecified atom stereocenters. The van der Waals surface area contributed by atoms with E-state index in [0.717, 1.165) is 23.2 Å². The second-order valence-corrected chi connectivity index (χ2v) is 4.26. The highest BCUT2D eigenvalue weighted by Crippen LogP contribution is 2.24. The van der Waals surface area contributed by atoms with Crippen LogP contribution < -0.4 is 4.90 Å². The monoisotopic (exact) mass is 282 g/mol. The van der Waals surface area contributed by atoms with Crippen molar-refractivity contribution in [3.63, 3.8) is 0 Å². The van der Waals surface area contributed by atoms with Gasteiger partial charge in [0, 0.05) is 24.7 Å². The zero-order chi connectivity index (χ0) is 12.0. The van der Waals surface area contributed by atoms with Gasteiger partial charge in [-0.15, -0.1) is 0 Å². The molecule has 0 heterocycles. The van der Waals surface area contributed by atoms with Crippen molar-refractivity contribution in [2.75, 3.05) is 31.7 Å². The number of ether oxygens (including phenoxy) is 1. The van der Waals surface area contributed by atoms with Crippen LogP contribution in [0.15, 0.2) is 22.7 Å². The maximum Gasteiger partial charge on any atom is 0.101 e. The Kier molecular flexibility index (Phi) is 5.30. The summed E-state index contributed by atoms with van der Waals surface area (Å²) < 4.78 is 6.05. The quantitative estimate of drug-likeness (QED) is 0.833. The molecular formula is C12H15BrN2O. The number of nitriles is 1. The van der Waals surface area contributed by atoms with Crippen molar-refractivity contribution in [2.45, 2.75) is 6.92 Å². The van der Waals surface area contributed by atoms with Crippen LogP contribution in [0.5, 0.6) is 0 Å². The Morgan fingerprint density at radius 2 is 2.25 bits per heavy atom. The first-order valence-electron chi connectivity index (χ1n) is 5.16. The Labute approximate surface area is 105 Å². The molecule has 0 atom stereocenters. The zero-order valence-corrected chi connectivity index (χ0v) is 11.1. The van der Waals surface area contributed by atoms with Gasteiger partial charge in [0.1, 0.15) is 6.07 Å². The highest BCUT2D eigenvalue weighted by molar-refractivity contribution is 9.10. The van der Waals surface area contributed by atoms with Crippen molar-refractivity contribution in [1.29, 1.82) is 5.26 Å². The molecule has 0 aliphatic rings. The molecule has 0 aliphatic carbocycles. The van der Waals surface area contributed by atoms with Crippen molar-refractivity contribution >= 4 is 21.6 Å². The van der Waals surface area contributed by atoms with E-state index in [1.807, 2.05) is 18.2 Å². The van der Waals surface area contributed by atoms with Crippen molar-refractivity contribution in [3.05, 3.63) is 28.2 Å². The molecule has 0 N–H and O–H groups in total. The molecule has 16 heavy (non-hydrogen) atoms. The lowest BCUT2D eigenvalue weighted by atomic mass is 10.1. The molecule has 0 aromatic heterocycles. The number of rotatable bonds is 5. The van der Waals surface area contributed by atoms with Crippen LogP contribution in [0.1, 0.15) is 12.5 Å². The lowest BCUT2D eigenvalue weighted by Crippen LogP contribution is -2.27. The molecule has 0 spiro atoms. The van der Waals surface area contributed by atoms with E-state index < -0.39 is 0 Å². The van der Waals surface area contributed by atoms with Crippen LogP contribution >= 0.6 is 15.9 Å². The molecule has 3 nitrogen and oxygen atoms in total. The maximum atomic E-state index is 9.06. The molecular weight excluding hydrogens is 268 g/mol. The fourth-order valence-corrected chi connectivity index (χ4v) is 1.86. The van der Waals surface area contributed by atoms with Crippen LogP contribution in [0.3, 0.4) is 0 Å². The van der Waals surface area contributed by atoms with Crippen LogP contribution in [-0.4, -0.2) is 26.8 Å². The van der Waals surface area contributed by atoms with Crippen molar-refractivity contribution in [2.24, 2.45) is 0 Å². The fraction of sp³-hybridized carbons (Fsp3) is 0.417. The minimum atomic E-state index is 0.658. The summed E-state index contributed by atoms with van der Waals surface area (Å²) in [7, 11) is 1.68. The van der Waals surface area contributed by atoms with Crippen LogP contribution in [0.25, 0.3) is 0 Å². The summed E-state index contributed by atoms with van der Waals surface area (Å²) >= 11 is 3.42. The van der Waals surface area contributed by atoms with Gasteiger partial charge >= 0.3 is 0 Å². The summed E-state index contributed by atoms with van der Waals surface area (Å²) in [6.07, 6.45) is 0. The van der Waals surface area contributed by atoms with Crippen LogP contribution in [-0.2, 0) is 4.74 Å². The topological polar surface area (TPSA) is 36.3 Å². The van der Waals surface area contributed by atoms with Crippen LogP contribution in [0, 0.1) is 11.3 Å². The molecule has 0 aliphatic heterocycles. The van der Waals surface area contributed by atoms with Gasteiger partial charge in [0.05, 0.1) is 17.9 Å². The van der Waals surface area contributed by atoms with E-state index in [1.165, 1.54) is 0 Å². The summed E-state index contributed by atoms with van der Waals surface area (Å²) in [5.74, 6) is 0. The van der Waals surface area contributed by atoms with Gasteiger partial charge in [-0.3, -0.25) is 0 Å². The van der Waals surface area contributed by atoms with Crippen LogP contribution in [0.2, 0.25) is 0 Å². The summed E-state index contributed by atoms with van der Waals surface area (Å²) in [6.45, 7) is 4.37. The Bertz CT molecular complexity index is 387. The predicted octanol–water partition coefficient (Wildman–Crippen LogP) is 2.79. The smallest absolute Gasteiger partial charge is 0.101 e. The molecule has 0 fully saturated rings. The van der Waals surface area contributed by atoms with Gasteiger partial charge in [-0.05, 0) is 25.1 Å². The first-order valence-corrected chi connectivity index (χ1v) is 5.95. The second-order valence-electron chi connectivity index (χ2n) is 3.35. The third kappa shape index (κ3) is 3.22. The van der Waals surface area contributed by atoms with Gasteiger partial charge in [-0.1, -0.05) is 15.9 Å². The van der Waals surface area contributed by atoms with Crippen molar-refractivity contribution in [3.8, 4) is 6.07 Å². The maximum absolute atomic E-state index is 9.06. The summed E-state index contributed by atoms with van der Waals surface area (Å²) in [5.41, 5.74) is 1.65. The molecule has 86 valence electrons. The molecule has 0 saturated heterocycles. The lowest BCUT2D eigenvalue weighted by Gasteiger charge is -2.23. The summed E-state index contributed by atoms with van der Waals surface area (Å²) in [5, 5.41) is 9.06. The third-order valence-corrected chi connectivity index (χ3v) is 2.86. The van der Waals surface area contributed by atoms with Gasteiger partial charge in [0.15, 0.2) is 0 Å². The Morgan fingerprint density at radius 1 is 1.50 bits per heavy atom. The largest absolute Gasteiger partial charge is 0.383 e. The van der Waals surface area contributed by atoms with Gasteiger partial charge in [0.2, 0.25) is 0 Å². The number of benzene rings is 1. The first kappa shape index (κ1) is 13.0. The van der Waals surface area contributed by atoms with Crippen LogP contribution in [0.4, 0.5) is 5.69 Å². The Hall–Kier alpha value is -1.05. The molecule has 0 amide bonds. The number of nitrogens with zero attached hydrogens (tertiary/aromatic N) is 2. The van der Waals surface area contributed by atoms with Gasteiger partial charge in [-0.2, -0.15) is 5.26 Å². The Morgan fingerprint density at radius 3 is 2.81 bits per heavy atom. The van der Waals surface area contributed by atoms with E-state index in [2.05, 4.69) is 33.8 Å². The first-order chi connectivity index (χ1) is 7.72. The van der Waals surface area contributed by atoms with E-state index in [1.54, 1.807) is 7.11 Å². The summed E-state index contributed by atoms with van der Waals surface area (Å²) in [6, 6.07) is 7.89. The highest BCUT2D eigenvalue weighted by Gasteiger charge is 2.09. The molecule has 0 bridgehead atoms. The molecule has 1 aromatic rings. The summed E-state index contributed by atoms with van der Waals surface area (Å²) in [4.78, 5) is 2.13. The predicted molar refractivity (Wildman–Crippen MR) is 68.6 cm³/mol. The average molecular weight is 283 g/mol. The molecule has 0 radical (unpaired) electrons. The third-order valence-electron chi connectivity index (χ3n) is 2.37. The zero-order valence-electron chi connectivity index (χ0n) is 9.53. The van der Waals surface area contributed by atoms with E-state index in [0.29, 0.717) is 12.2 Å². The highest BCUT2D eigenvalue weighted by atomic mass is 79.9. The standard InChI is InChI=1S/C12H15BrN2O/c1-3-15(6-7-16-2)12-8-11(13)5-4-10(12)9-14/h4-5,8H,3,6-7H2,1-2H3. The number of hydrogen-bond donors (Lipinski definition) is 0. The average Bonchev–Trinajstić information content (AvgIpc) is 2.30. The minimum Gasteiger partial charge on any atom is -0.383 e. The van der Waals surface area contributed by atoms with E-state index in [-0.39, 0.29) is 0 Å². The van der Waals surface area contributed by atoms with E-state index in [4.69, 9.17) is 10.00 Å². The van der Waals surface area contributed by atoms with E-state index >= 15 is 0 Å². The second kappa shape index (κ2) is 6.51. The number of anilines is 1. The van der Waals surface area contributed by atoms with E-state index in [9.17, 15) is 0 Å². The minimum absolute atomic E-state index is 0.658. The fourth-order valence-electron chi connectivity index (χ4n) is 1.51. The number of likely N-dealkylation sites (N-methyl/N-ethyl adjacent to an activating group) is 1.